The lowest BCUT2D eigenvalue weighted by atomic mass is 9.75. The molecule has 11 heavy (non-hydrogen) atoms. The molecule has 0 aliphatic heterocycles. The van der Waals surface area contributed by atoms with E-state index in [0.717, 1.165) is 17.8 Å². The molecule has 0 aromatic heterocycles. The molecule has 3 aliphatic rings. The van der Waals surface area contributed by atoms with Gasteiger partial charge < -0.3 is 0 Å². The Bertz CT molecular complexity index is 139. The van der Waals surface area contributed by atoms with E-state index in [1.807, 2.05) is 0 Å². The van der Waals surface area contributed by atoms with Gasteiger partial charge in [-0.25, -0.2) is 0 Å². The van der Waals surface area contributed by atoms with E-state index >= 15 is 0 Å². The van der Waals surface area contributed by atoms with Crippen LogP contribution in [0, 0.1) is 30.1 Å². The summed E-state index contributed by atoms with van der Waals surface area (Å²) >= 11 is 0. The second-order valence-corrected chi connectivity index (χ2v) is 4.94. The van der Waals surface area contributed by atoms with Crippen molar-refractivity contribution >= 4 is 0 Å². The molecule has 0 heterocycles. The molecule has 0 heteroatoms. The van der Waals surface area contributed by atoms with E-state index in [2.05, 4.69) is 6.92 Å². The Hall–Kier alpha value is 0. The van der Waals surface area contributed by atoms with E-state index in [0.29, 0.717) is 5.41 Å². The number of hydrogen-bond acceptors (Lipinski definition) is 0. The molecular weight excluding hydrogens is 132 g/mol. The first-order valence-corrected chi connectivity index (χ1v) is 5.17. The minimum Gasteiger partial charge on any atom is -0.0496 e. The van der Waals surface area contributed by atoms with Gasteiger partial charge in [-0.1, -0.05) is 0 Å². The van der Waals surface area contributed by atoms with Crippen molar-refractivity contribution in [3.63, 3.8) is 0 Å². The largest absolute Gasteiger partial charge is 0.0496 e. The van der Waals surface area contributed by atoms with Crippen molar-refractivity contribution in [3.05, 3.63) is 6.92 Å². The molecule has 0 bridgehead atoms. The predicted octanol–water partition coefficient (Wildman–Crippen LogP) is 3.04. The molecule has 0 N–H and O–H groups in total. The standard InChI is InChI=1S/C11H17/c1-11(8-2-3-8,9-4-5-9)10-6-7-10/h8-10H,1-7H2. The maximum absolute atomic E-state index is 4.56. The highest BCUT2D eigenvalue weighted by molar-refractivity contribution is 5.10. The van der Waals surface area contributed by atoms with Gasteiger partial charge in [0.1, 0.15) is 0 Å². The summed E-state index contributed by atoms with van der Waals surface area (Å²) in [5.74, 6) is 3.13. The van der Waals surface area contributed by atoms with Gasteiger partial charge in [-0.15, -0.1) is 0 Å². The normalized spacial score (nSPS) is 32.5. The van der Waals surface area contributed by atoms with Crippen molar-refractivity contribution in [2.45, 2.75) is 38.5 Å². The predicted molar refractivity (Wildman–Crippen MR) is 46.0 cm³/mol. The van der Waals surface area contributed by atoms with Crippen LogP contribution in [-0.4, -0.2) is 0 Å². The Labute approximate surface area is 69.4 Å². The lowest BCUT2D eigenvalue weighted by Gasteiger charge is -2.29. The molecule has 3 fully saturated rings. The van der Waals surface area contributed by atoms with Crippen LogP contribution in [0.3, 0.4) is 0 Å². The van der Waals surface area contributed by atoms with Crippen LogP contribution in [0.4, 0.5) is 0 Å². The molecule has 0 atom stereocenters. The average molecular weight is 149 g/mol. The van der Waals surface area contributed by atoms with Crippen LogP contribution < -0.4 is 0 Å². The van der Waals surface area contributed by atoms with Crippen LogP contribution in [-0.2, 0) is 0 Å². The summed E-state index contributed by atoms with van der Waals surface area (Å²) in [4.78, 5) is 0. The topological polar surface area (TPSA) is 0 Å². The summed E-state index contributed by atoms with van der Waals surface area (Å²) in [6, 6.07) is 0. The van der Waals surface area contributed by atoms with Gasteiger partial charge in [0, 0.05) is 0 Å². The van der Waals surface area contributed by atoms with Gasteiger partial charge in [-0.05, 0) is 68.6 Å². The highest BCUT2D eigenvalue weighted by Gasteiger charge is 2.57. The van der Waals surface area contributed by atoms with Crippen LogP contribution in [0.15, 0.2) is 0 Å². The third kappa shape index (κ3) is 0.878. The zero-order chi connectivity index (χ0) is 7.47. The molecule has 3 rings (SSSR count). The SMILES string of the molecule is [CH2]C(C1CC1)(C1CC1)C1CC1. The van der Waals surface area contributed by atoms with Gasteiger partial charge in [0.05, 0.1) is 0 Å². The monoisotopic (exact) mass is 149 g/mol. The molecule has 0 nitrogen and oxygen atoms in total. The van der Waals surface area contributed by atoms with E-state index in [-0.39, 0.29) is 0 Å². The van der Waals surface area contributed by atoms with Crippen molar-refractivity contribution < 1.29 is 0 Å². The van der Waals surface area contributed by atoms with Crippen LogP contribution in [0.2, 0.25) is 0 Å². The summed E-state index contributed by atoms with van der Waals surface area (Å²) in [7, 11) is 0. The Morgan fingerprint density at radius 1 is 0.727 bits per heavy atom. The molecule has 0 spiro atoms. The van der Waals surface area contributed by atoms with Crippen LogP contribution in [0.5, 0.6) is 0 Å². The summed E-state index contributed by atoms with van der Waals surface area (Å²) in [6.45, 7) is 4.56. The third-order valence-electron chi connectivity index (χ3n) is 4.01. The molecule has 0 amide bonds. The molecule has 61 valence electrons. The summed E-state index contributed by atoms with van der Waals surface area (Å²) in [5, 5.41) is 0. The van der Waals surface area contributed by atoms with E-state index in [4.69, 9.17) is 0 Å². The molecule has 3 aliphatic carbocycles. The fourth-order valence-corrected chi connectivity index (χ4v) is 2.86. The molecular formula is C11H17. The quantitative estimate of drug-likeness (QED) is 0.578. The first-order chi connectivity index (χ1) is 5.32. The van der Waals surface area contributed by atoms with E-state index in [1.165, 1.54) is 38.5 Å². The van der Waals surface area contributed by atoms with Crippen molar-refractivity contribution in [1.82, 2.24) is 0 Å². The minimum atomic E-state index is 0.583. The summed E-state index contributed by atoms with van der Waals surface area (Å²) in [6.07, 6.45) is 8.98. The van der Waals surface area contributed by atoms with E-state index in [1.54, 1.807) is 0 Å². The maximum atomic E-state index is 4.56. The molecule has 0 saturated heterocycles. The fraction of sp³-hybridized carbons (Fsp3) is 0.909. The highest BCUT2D eigenvalue weighted by atomic mass is 14.6. The van der Waals surface area contributed by atoms with Gasteiger partial charge in [0.2, 0.25) is 0 Å². The Morgan fingerprint density at radius 3 is 1.18 bits per heavy atom. The molecule has 0 unspecified atom stereocenters. The Kier molecular flexibility index (Phi) is 1.09. The lowest BCUT2D eigenvalue weighted by molar-refractivity contribution is 0.226. The Morgan fingerprint density at radius 2 is 1.00 bits per heavy atom. The van der Waals surface area contributed by atoms with Crippen LogP contribution >= 0.6 is 0 Å². The zero-order valence-electron chi connectivity index (χ0n) is 7.18. The van der Waals surface area contributed by atoms with Gasteiger partial charge in [-0.3, -0.25) is 0 Å². The summed E-state index contributed by atoms with van der Waals surface area (Å²) < 4.78 is 0. The fourth-order valence-electron chi connectivity index (χ4n) is 2.86. The second kappa shape index (κ2) is 1.84. The number of hydrogen-bond donors (Lipinski definition) is 0. The molecule has 0 aromatic rings. The first-order valence-electron chi connectivity index (χ1n) is 5.17. The minimum absolute atomic E-state index is 0.583. The second-order valence-electron chi connectivity index (χ2n) is 4.94. The van der Waals surface area contributed by atoms with Gasteiger partial charge in [0.25, 0.3) is 0 Å². The van der Waals surface area contributed by atoms with Crippen molar-refractivity contribution in [2.75, 3.05) is 0 Å². The highest BCUT2D eigenvalue weighted by Crippen LogP contribution is 2.66. The van der Waals surface area contributed by atoms with E-state index in [9.17, 15) is 0 Å². The van der Waals surface area contributed by atoms with Gasteiger partial charge in [0.15, 0.2) is 0 Å². The van der Waals surface area contributed by atoms with Crippen molar-refractivity contribution in [2.24, 2.45) is 23.2 Å². The van der Waals surface area contributed by atoms with Crippen molar-refractivity contribution in [1.29, 1.82) is 0 Å². The lowest BCUT2D eigenvalue weighted by Crippen LogP contribution is -2.24. The zero-order valence-corrected chi connectivity index (χ0v) is 7.18. The van der Waals surface area contributed by atoms with E-state index < -0.39 is 0 Å². The first kappa shape index (κ1) is 6.51. The van der Waals surface area contributed by atoms with Crippen LogP contribution in [0.25, 0.3) is 0 Å². The number of rotatable bonds is 3. The molecule has 0 aromatic carbocycles. The summed E-state index contributed by atoms with van der Waals surface area (Å²) in [5.41, 5.74) is 0.583. The Balaban J connectivity index is 1.82. The molecule has 3 saturated carbocycles. The molecule has 1 radical (unpaired) electrons. The van der Waals surface area contributed by atoms with Gasteiger partial charge >= 0.3 is 0 Å². The third-order valence-corrected chi connectivity index (χ3v) is 4.01. The van der Waals surface area contributed by atoms with Crippen molar-refractivity contribution in [3.8, 4) is 0 Å². The average Bonchev–Trinajstić information content (AvgIpc) is 2.81. The smallest absolute Gasteiger partial charge is 0.0212 e. The maximum Gasteiger partial charge on any atom is -0.0212 e. The van der Waals surface area contributed by atoms with Crippen LogP contribution in [0.1, 0.15) is 38.5 Å². The van der Waals surface area contributed by atoms with Gasteiger partial charge in [-0.2, -0.15) is 0 Å².